The van der Waals surface area contributed by atoms with Gasteiger partial charge in [-0.2, -0.15) is 0 Å². The highest BCUT2D eigenvalue weighted by Crippen LogP contribution is 2.45. The van der Waals surface area contributed by atoms with Crippen molar-refractivity contribution in [1.82, 2.24) is 9.88 Å². The molecular formula is C12H15IN2. The Hall–Kier alpha value is -0.160. The normalized spacial score (nSPS) is 34.9. The van der Waals surface area contributed by atoms with Gasteiger partial charge in [0, 0.05) is 34.0 Å². The maximum absolute atomic E-state index is 4.31. The highest BCUT2D eigenvalue weighted by molar-refractivity contribution is 14.1. The molecule has 80 valence electrons. The molecule has 0 aliphatic carbocycles. The van der Waals surface area contributed by atoms with Crippen molar-refractivity contribution in [2.45, 2.75) is 37.3 Å². The molecule has 2 aliphatic rings. The maximum atomic E-state index is 4.31. The van der Waals surface area contributed by atoms with Gasteiger partial charge in [-0.3, -0.25) is 9.88 Å². The maximum Gasteiger partial charge on any atom is 0.0401 e. The van der Waals surface area contributed by atoms with Crippen molar-refractivity contribution in [3.05, 3.63) is 27.6 Å². The minimum atomic E-state index is 0.732. The zero-order valence-corrected chi connectivity index (χ0v) is 11.0. The summed E-state index contributed by atoms with van der Waals surface area (Å²) in [5.74, 6) is 0.732. The van der Waals surface area contributed by atoms with Crippen LogP contribution in [0.15, 0.2) is 18.5 Å². The van der Waals surface area contributed by atoms with E-state index in [0.29, 0.717) is 0 Å². The molecule has 0 spiro atoms. The average Bonchev–Trinajstić information content (AvgIpc) is 2.74. The van der Waals surface area contributed by atoms with Crippen LogP contribution in [0.5, 0.6) is 0 Å². The molecule has 0 saturated carbocycles. The first kappa shape index (κ1) is 10.0. The molecule has 0 radical (unpaired) electrons. The smallest absolute Gasteiger partial charge is 0.0401 e. The van der Waals surface area contributed by atoms with Crippen LogP contribution in [0.1, 0.15) is 30.7 Å². The van der Waals surface area contributed by atoms with Crippen LogP contribution in [0.25, 0.3) is 0 Å². The Kier molecular flexibility index (Phi) is 2.47. The fourth-order valence-corrected chi connectivity index (χ4v) is 3.77. The minimum Gasteiger partial charge on any atom is -0.300 e. The van der Waals surface area contributed by atoms with Crippen LogP contribution in [0.4, 0.5) is 0 Å². The van der Waals surface area contributed by atoms with Crippen molar-refractivity contribution in [2.75, 3.05) is 7.05 Å². The predicted molar refractivity (Wildman–Crippen MR) is 68.9 cm³/mol. The number of nitrogens with zero attached hydrogens (tertiary/aromatic N) is 2. The van der Waals surface area contributed by atoms with Gasteiger partial charge in [-0.1, -0.05) is 0 Å². The molecule has 3 heteroatoms. The Balaban J connectivity index is 1.90. The largest absolute Gasteiger partial charge is 0.300 e. The number of hydrogen-bond donors (Lipinski definition) is 0. The number of rotatable bonds is 1. The third-order valence-corrected chi connectivity index (χ3v) is 4.63. The van der Waals surface area contributed by atoms with E-state index in [2.05, 4.69) is 51.8 Å². The number of aromatic nitrogens is 1. The molecule has 2 aliphatic heterocycles. The average molecular weight is 314 g/mol. The zero-order chi connectivity index (χ0) is 10.4. The number of likely N-dealkylation sites (N-methyl/N-ethyl adjacent to an activating group) is 1. The Labute approximate surface area is 104 Å². The summed E-state index contributed by atoms with van der Waals surface area (Å²) in [5, 5.41) is 0. The van der Waals surface area contributed by atoms with Crippen LogP contribution < -0.4 is 0 Å². The van der Waals surface area contributed by atoms with Crippen molar-refractivity contribution < 1.29 is 0 Å². The van der Waals surface area contributed by atoms with Crippen LogP contribution in [0.3, 0.4) is 0 Å². The molecule has 3 rings (SSSR count). The van der Waals surface area contributed by atoms with Crippen LogP contribution in [-0.2, 0) is 0 Å². The van der Waals surface area contributed by atoms with E-state index in [-0.39, 0.29) is 0 Å². The predicted octanol–water partition coefficient (Wildman–Crippen LogP) is 2.64. The summed E-state index contributed by atoms with van der Waals surface area (Å²) in [7, 11) is 2.28. The van der Waals surface area contributed by atoms with Gasteiger partial charge in [0.25, 0.3) is 0 Å². The molecule has 0 N–H and O–H groups in total. The van der Waals surface area contributed by atoms with E-state index in [9.17, 15) is 0 Å². The first-order valence-corrected chi connectivity index (χ1v) is 6.66. The Morgan fingerprint density at radius 2 is 2.27 bits per heavy atom. The van der Waals surface area contributed by atoms with E-state index in [1.807, 2.05) is 6.20 Å². The van der Waals surface area contributed by atoms with Gasteiger partial charge in [0.1, 0.15) is 0 Å². The number of hydrogen-bond acceptors (Lipinski definition) is 2. The summed E-state index contributed by atoms with van der Waals surface area (Å²) in [6.45, 7) is 0. The molecule has 15 heavy (non-hydrogen) atoms. The summed E-state index contributed by atoms with van der Waals surface area (Å²) in [6, 6.07) is 3.90. The van der Waals surface area contributed by atoms with Crippen molar-refractivity contribution in [3.63, 3.8) is 0 Å². The highest BCUT2D eigenvalue weighted by atomic mass is 127. The van der Waals surface area contributed by atoms with E-state index in [4.69, 9.17) is 0 Å². The lowest BCUT2D eigenvalue weighted by Crippen LogP contribution is -2.25. The quantitative estimate of drug-likeness (QED) is 0.741. The standard InChI is InChI=1S/C12H15IN2/c1-15-10-2-3-12(15)11(5-10)8-4-9(13)7-14-6-8/h4,6-7,10-12H,2-3,5H2,1H3/t10-,11+,12+/m0/s1. The van der Waals surface area contributed by atoms with Gasteiger partial charge in [0.05, 0.1) is 0 Å². The van der Waals surface area contributed by atoms with Gasteiger partial charge in [-0.25, -0.2) is 0 Å². The van der Waals surface area contributed by atoms with E-state index in [1.54, 1.807) is 0 Å². The second-order valence-corrected chi connectivity index (χ2v) is 5.99. The SMILES string of the molecule is CN1[C@H]2CC[C@@H]1[C@@H](c1cncc(I)c1)C2. The first-order valence-electron chi connectivity index (χ1n) is 5.58. The fourth-order valence-electron chi connectivity index (χ4n) is 3.25. The summed E-state index contributed by atoms with van der Waals surface area (Å²) in [4.78, 5) is 6.89. The molecule has 1 aromatic rings. The molecule has 0 unspecified atom stereocenters. The van der Waals surface area contributed by atoms with Gasteiger partial charge in [0.2, 0.25) is 0 Å². The van der Waals surface area contributed by atoms with Crippen LogP contribution in [0.2, 0.25) is 0 Å². The van der Waals surface area contributed by atoms with E-state index >= 15 is 0 Å². The third-order valence-electron chi connectivity index (χ3n) is 4.04. The molecule has 1 aromatic heterocycles. The number of fused-ring (bicyclic) bond motifs is 2. The Morgan fingerprint density at radius 3 is 2.87 bits per heavy atom. The lowest BCUT2D eigenvalue weighted by atomic mass is 9.85. The van der Waals surface area contributed by atoms with Crippen LogP contribution in [-0.4, -0.2) is 29.0 Å². The zero-order valence-electron chi connectivity index (χ0n) is 8.86. The summed E-state index contributed by atoms with van der Waals surface area (Å²) < 4.78 is 1.26. The van der Waals surface area contributed by atoms with Crippen molar-refractivity contribution in [2.24, 2.45) is 0 Å². The summed E-state index contributed by atoms with van der Waals surface area (Å²) in [5.41, 5.74) is 1.45. The second kappa shape index (κ2) is 3.70. The van der Waals surface area contributed by atoms with Gasteiger partial charge in [-0.15, -0.1) is 0 Å². The summed E-state index contributed by atoms with van der Waals surface area (Å²) >= 11 is 2.35. The first-order chi connectivity index (χ1) is 7.25. The summed E-state index contributed by atoms with van der Waals surface area (Å²) in [6.07, 6.45) is 8.09. The van der Waals surface area contributed by atoms with Crippen molar-refractivity contribution >= 4 is 22.6 Å². The van der Waals surface area contributed by atoms with Gasteiger partial charge >= 0.3 is 0 Å². The monoisotopic (exact) mass is 314 g/mol. The van der Waals surface area contributed by atoms with Crippen LogP contribution >= 0.6 is 22.6 Å². The fraction of sp³-hybridized carbons (Fsp3) is 0.583. The lowest BCUT2D eigenvalue weighted by molar-refractivity contribution is 0.307. The topological polar surface area (TPSA) is 16.1 Å². The van der Waals surface area contributed by atoms with E-state index < -0.39 is 0 Å². The lowest BCUT2D eigenvalue weighted by Gasteiger charge is -2.21. The van der Waals surface area contributed by atoms with Crippen molar-refractivity contribution in [3.8, 4) is 0 Å². The van der Waals surface area contributed by atoms with Gasteiger partial charge < -0.3 is 0 Å². The minimum absolute atomic E-state index is 0.732. The molecule has 2 saturated heterocycles. The second-order valence-electron chi connectivity index (χ2n) is 4.74. The molecule has 2 fully saturated rings. The molecule has 3 heterocycles. The molecule has 0 amide bonds. The molecule has 0 aromatic carbocycles. The van der Waals surface area contributed by atoms with E-state index in [0.717, 1.165) is 18.0 Å². The van der Waals surface area contributed by atoms with Gasteiger partial charge in [-0.05, 0) is 60.5 Å². The Bertz CT molecular complexity index is 380. The number of pyridine rings is 1. The molecule has 3 atom stereocenters. The highest BCUT2D eigenvalue weighted by Gasteiger charge is 2.44. The Morgan fingerprint density at radius 1 is 1.40 bits per heavy atom. The van der Waals surface area contributed by atoms with Crippen molar-refractivity contribution in [1.29, 1.82) is 0 Å². The molecule has 2 bridgehead atoms. The molecule has 2 nitrogen and oxygen atoms in total. The van der Waals surface area contributed by atoms with E-state index in [1.165, 1.54) is 28.4 Å². The van der Waals surface area contributed by atoms with Crippen LogP contribution in [0, 0.1) is 3.57 Å². The van der Waals surface area contributed by atoms with Gasteiger partial charge in [0.15, 0.2) is 0 Å². The third kappa shape index (κ3) is 1.60. The number of halogens is 1. The molecular weight excluding hydrogens is 299 g/mol.